The smallest absolute Gasteiger partial charge is 0.258 e. The van der Waals surface area contributed by atoms with Crippen LogP contribution in [0.25, 0.3) is 0 Å². The third-order valence-corrected chi connectivity index (χ3v) is 6.93. The lowest BCUT2D eigenvalue weighted by molar-refractivity contribution is -0.126. The topological polar surface area (TPSA) is 76.7 Å². The van der Waals surface area contributed by atoms with E-state index in [0.717, 1.165) is 37.8 Å². The van der Waals surface area contributed by atoms with Gasteiger partial charge in [-0.1, -0.05) is 23.2 Å². The van der Waals surface area contributed by atoms with Gasteiger partial charge < -0.3 is 20.1 Å². The summed E-state index contributed by atoms with van der Waals surface area (Å²) in [5.41, 5.74) is 0. The molecule has 2 aromatic carbocycles. The summed E-state index contributed by atoms with van der Waals surface area (Å²) in [5.74, 6) is -0.832. The molecule has 4 rings (SSSR count). The highest BCUT2D eigenvalue weighted by Gasteiger charge is 2.43. The number of carbonyl (C=O) groups excluding carboxylic acids is 2. The van der Waals surface area contributed by atoms with E-state index in [2.05, 4.69) is 10.6 Å². The molecule has 2 aliphatic rings. The maximum absolute atomic E-state index is 13.5. The highest BCUT2D eigenvalue weighted by molar-refractivity contribution is 6.31. The Morgan fingerprint density at radius 3 is 1.76 bits per heavy atom. The summed E-state index contributed by atoms with van der Waals surface area (Å²) < 4.78 is 37.7. The Morgan fingerprint density at radius 2 is 1.29 bits per heavy atom. The molecule has 2 N–H and O–H groups in total. The van der Waals surface area contributed by atoms with Crippen molar-refractivity contribution in [2.45, 2.75) is 37.8 Å². The van der Waals surface area contributed by atoms with Gasteiger partial charge in [0.25, 0.3) is 11.8 Å². The van der Waals surface area contributed by atoms with Crippen molar-refractivity contribution in [2.24, 2.45) is 11.8 Å². The summed E-state index contributed by atoms with van der Waals surface area (Å²) in [5, 5.41) is 6.00. The Hall–Kier alpha value is -2.58. The molecule has 2 unspecified atom stereocenters. The van der Waals surface area contributed by atoms with E-state index in [4.69, 9.17) is 32.7 Å². The van der Waals surface area contributed by atoms with E-state index in [1.165, 1.54) is 24.3 Å². The summed E-state index contributed by atoms with van der Waals surface area (Å²) >= 11 is 11.3. The van der Waals surface area contributed by atoms with Gasteiger partial charge in [0, 0.05) is 24.2 Å². The van der Waals surface area contributed by atoms with Crippen LogP contribution in [-0.4, -0.2) is 37.1 Å². The van der Waals surface area contributed by atoms with E-state index in [1.807, 2.05) is 0 Å². The molecule has 2 fully saturated rings. The molecule has 4 atom stereocenters. The zero-order valence-corrected chi connectivity index (χ0v) is 19.7. The molecule has 0 aliphatic heterocycles. The summed E-state index contributed by atoms with van der Waals surface area (Å²) in [6.07, 6.45) is 3.41. The van der Waals surface area contributed by atoms with Crippen molar-refractivity contribution >= 4 is 35.0 Å². The summed E-state index contributed by atoms with van der Waals surface area (Å²) in [6, 6.07) is 8.02. The number of rotatable bonds is 8. The fourth-order valence-corrected chi connectivity index (χ4v) is 5.04. The zero-order valence-electron chi connectivity index (χ0n) is 18.2. The van der Waals surface area contributed by atoms with Crippen molar-refractivity contribution in [3.05, 3.63) is 58.1 Å². The number of hydrogen-bond acceptors (Lipinski definition) is 4. The average molecular weight is 513 g/mol. The first-order valence-corrected chi connectivity index (χ1v) is 11.8. The molecular weight excluding hydrogens is 489 g/mol. The molecular formula is C24H24Cl2F2N2O4. The fourth-order valence-electron chi connectivity index (χ4n) is 4.81. The molecule has 0 saturated heterocycles. The van der Waals surface area contributed by atoms with Crippen molar-refractivity contribution in [3.63, 3.8) is 0 Å². The second-order valence-electron chi connectivity index (χ2n) is 8.66. The van der Waals surface area contributed by atoms with Crippen molar-refractivity contribution in [2.75, 3.05) is 13.2 Å². The Labute approximate surface area is 205 Å². The first-order valence-electron chi connectivity index (χ1n) is 11.0. The third kappa shape index (κ3) is 6.10. The van der Waals surface area contributed by atoms with Crippen LogP contribution in [0.5, 0.6) is 11.5 Å². The number of nitrogens with one attached hydrogen (secondary N) is 2. The van der Waals surface area contributed by atoms with Crippen LogP contribution in [0.4, 0.5) is 8.78 Å². The van der Waals surface area contributed by atoms with Crippen molar-refractivity contribution in [3.8, 4) is 11.5 Å². The van der Waals surface area contributed by atoms with Gasteiger partial charge in [0.05, 0.1) is 10.0 Å². The van der Waals surface area contributed by atoms with Gasteiger partial charge in [-0.2, -0.15) is 0 Å². The van der Waals surface area contributed by atoms with Gasteiger partial charge in [-0.05, 0) is 61.8 Å². The standard InChI is InChI=1S/C24H24Cl2F2N2O4/c25-18-5-3-16(9-20(18)27)33-11-22(31)29-15-7-13-1-2-14(8-15)24(13)30-23(32)12-34-17-4-6-19(26)21(28)10-17/h3-6,9-10,13-15,24H,1-2,7-8,11-12H2,(H,29,31)(H,30,32)/t13-,14+,15?,24?. The van der Waals surface area contributed by atoms with Crippen LogP contribution in [0.3, 0.4) is 0 Å². The Morgan fingerprint density at radius 1 is 0.824 bits per heavy atom. The summed E-state index contributed by atoms with van der Waals surface area (Å²) in [6.45, 7) is -0.449. The van der Waals surface area contributed by atoms with E-state index in [0.29, 0.717) is 0 Å². The van der Waals surface area contributed by atoms with Crippen LogP contribution >= 0.6 is 23.2 Å². The minimum atomic E-state index is -0.609. The largest absolute Gasteiger partial charge is 0.484 e. The van der Waals surface area contributed by atoms with E-state index >= 15 is 0 Å². The quantitative estimate of drug-likeness (QED) is 0.545. The Balaban J connectivity index is 1.22. The lowest BCUT2D eigenvalue weighted by Gasteiger charge is -2.36. The van der Waals surface area contributed by atoms with Crippen LogP contribution in [0.1, 0.15) is 25.7 Å². The molecule has 0 heterocycles. The number of benzene rings is 2. The molecule has 2 saturated carbocycles. The van der Waals surface area contributed by atoms with Crippen LogP contribution in [0, 0.1) is 23.5 Å². The van der Waals surface area contributed by atoms with Gasteiger partial charge in [-0.25, -0.2) is 8.78 Å². The highest BCUT2D eigenvalue weighted by Crippen LogP contribution is 2.42. The summed E-state index contributed by atoms with van der Waals surface area (Å²) in [4.78, 5) is 24.7. The van der Waals surface area contributed by atoms with Gasteiger partial charge in [-0.15, -0.1) is 0 Å². The first kappa shape index (κ1) is 24.5. The molecule has 0 spiro atoms. The van der Waals surface area contributed by atoms with Crippen molar-refractivity contribution in [1.29, 1.82) is 0 Å². The second kappa shape index (κ2) is 10.8. The predicted molar refractivity (Wildman–Crippen MR) is 123 cm³/mol. The van der Waals surface area contributed by atoms with Gasteiger partial charge in [-0.3, -0.25) is 9.59 Å². The molecule has 182 valence electrons. The minimum absolute atomic E-state index is 0.0114. The number of fused-ring (bicyclic) bond motifs is 2. The molecule has 10 heteroatoms. The number of halogens is 4. The Kier molecular flexibility index (Phi) is 7.78. The van der Waals surface area contributed by atoms with Crippen molar-refractivity contribution in [1.82, 2.24) is 10.6 Å². The molecule has 0 radical (unpaired) electrons. The van der Waals surface area contributed by atoms with E-state index in [9.17, 15) is 18.4 Å². The number of hydrogen-bond donors (Lipinski definition) is 2. The lowest BCUT2D eigenvalue weighted by Crippen LogP contribution is -2.51. The van der Waals surface area contributed by atoms with Crippen LogP contribution in [0.2, 0.25) is 10.0 Å². The molecule has 2 bridgehead atoms. The summed E-state index contributed by atoms with van der Waals surface area (Å²) in [7, 11) is 0. The molecule has 2 aliphatic carbocycles. The van der Waals surface area contributed by atoms with Gasteiger partial charge in [0.1, 0.15) is 23.1 Å². The van der Waals surface area contributed by atoms with E-state index in [-0.39, 0.29) is 70.5 Å². The number of ether oxygens (including phenoxy) is 2. The van der Waals surface area contributed by atoms with Crippen LogP contribution < -0.4 is 20.1 Å². The lowest BCUT2D eigenvalue weighted by atomic mass is 9.81. The monoisotopic (exact) mass is 512 g/mol. The predicted octanol–water partition coefficient (Wildman–Crippen LogP) is 4.52. The maximum Gasteiger partial charge on any atom is 0.258 e. The van der Waals surface area contributed by atoms with E-state index in [1.54, 1.807) is 0 Å². The molecule has 6 nitrogen and oxygen atoms in total. The third-order valence-electron chi connectivity index (χ3n) is 6.31. The second-order valence-corrected chi connectivity index (χ2v) is 9.47. The zero-order chi connectivity index (χ0) is 24.2. The highest BCUT2D eigenvalue weighted by atomic mass is 35.5. The normalized spacial score (nSPS) is 23.3. The Bertz CT molecular complexity index is 1060. The molecule has 0 aromatic heterocycles. The van der Waals surface area contributed by atoms with Gasteiger partial charge in [0.15, 0.2) is 13.2 Å². The van der Waals surface area contributed by atoms with Crippen LogP contribution in [0.15, 0.2) is 36.4 Å². The average Bonchev–Trinajstić information content (AvgIpc) is 3.02. The van der Waals surface area contributed by atoms with Crippen LogP contribution in [-0.2, 0) is 9.59 Å². The van der Waals surface area contributed by atoms with Gasteiger partial charge >= 0.3 is 0 Å². The first-order chi connectivity index (χ1) is 16.3. The molecule has 2 aromatic rings. The fraction of sp³-hybridized carbons (Fsp3) is 0.417. The number of carbonyl (C=O) groups is 2. The van der Waals surface area contributed by atoms with Crippen molar-refractivity contribution < 1.29 is 27.8 Å². The van der Waals surface area contributed by atoms with E-state index < -0.39 is 11.6 Å². The SMILES string of the molecule is O=C(COc1ccc(Cl)c(F)c1)NC1C[C@H]2CC[C@@H](C1)C2NC(=O)COc1ccc(Cl)c(F)c1. The minimum Gasteiger partial charge on any atom is -0.484 e. The molecule has 2 amide bonds. The molecule has 34 heavy (non-hydrogen) atoms. The van der Waals surface area contributed by atoms with Gasteiger partial charge in [0.2, 0.25) is 0 Å². The maximum atomic E-state index is 13.5. The number of amides is 2.